The fourth-order valence-electron chi connectivity index (χ4n) is 3.02. The van der Waals surface area contributed by atoms with Gasteiger partial charge in [0.2, 0.25) is 0 Å². The van der Waals surface area contributed by atoms with Crippen molar-refractivity contribution >= 4 is 37.3 Å². The zero-order chi connectivity index (χ0) is 20.5. The fourth-order valence-corrected chi connectivity index (χ4v) is 4.74. The van der Waals surface area contributed by atoms with Gasteiger partial charge in [-0.15, -0.1) is 6.42 Å². The maximum atomic E-state index is 12.5. The summed E-state index contributed by atoms with van der Waals surface area (Å²) >= 11 is 1.44. The Hall–Kier alpha value is -2.69. The first-order valence-corrected chi connectivity index (χ1v) is 11.3. The van der Waals surface area contributed by atoms with Gasteiger partial charge in [-0.05, 0) is 48.7 Å². The molecule has 0 N–H and O–H groups in total. The molecule has 144 valence electrons. The van der Waals surface area contributed by atoms with Crippen LogP contribution in [-0.2, 0) is 27.6 Å². The van der Waals surface area contributed by atoms with Gasteiger partial charge in [-0.25, -0.2) is 8.42 Å². The molecule has 5 nitrogen and oxygen atoms in total. The second-order valence-electron chi connectivity index (χ2n) is 6.70. The van der Waals surface area contributed by atoms with Crippen LogP contribution in [0.3, 0.4) is 0 Å². The molecule has 28 heavy (non-hydrogen) atoms. The third-order valence-corrected chi connectivity index (χ3v) is 6.65. The Morgan fingerprint density at radius 3 is 2.50 bits per heavy atom. The molecule has 0 atom stereocenters. The maximum Gasteiger partial charge on any atom is 0.252 e. The van der Waals surface area contributed by atoms with Crippen molar-refractivity contribution < 1.29 is 13.2 Å². The van der Waals surface area contributed by atoms with Crippen LogP contribution in [0.1, 0.15) is 16.7 Å². The molecule has 1 aromatic heterocycles. The molecule has 0 radical (unpaired) electrons. The zero-order valence-corrected chi connectivity index (χ0v) is 17.5. The van der Waals surface area contributed by atoms with E-state index in [2.05, 4.69) is 17.0 Å². The molecule has 0 aliphatic rings. The van der Waals surface area contributed by atoms with E-state index in [0.29, 0.717) is 16.9 Å². The van der Waals surface area contributed by atoms with Crippen LogP contribution < -0.4 is 4.80 Å². The van der Waals surface area contributed by atoms with Crippen LogP contribution in [0.25, 0.3) is 10.2 Å². The molecule has 3 aromatic rings. The predicted molar refractivity (Wildman–Crippen MR) is 112 cm³/mol. The van der Waals surface area contributed by atoms with Crippen molar-refractivity contribution in [3.05, 3.63) is 57.9 Å². The first-order chi connectivity index (χ1) is 13.2. The van der Waals surface area contributed by atoms with Gasteiger partial charge in [-0.1, -0.05) is 35.5 Å². The number of hydrogen-bond acceptors (Lipinski definition) is 4. The Bertz CT molecular complexity index is 1270. The molecule has 0 bridgehead atoms. The number of amides is 1. The minimum Gasteiger partial charge on any atom is -0.305 e. The Morgan fingerprint density at radius 2 is 1.89 bits per heavy atom. The van der Waals surface area contributed by atoms with E-state index in [1.54, 1.807) is 12.1 Å². The van der Waals surface area contributed by atoms with Gasteiger partial charge >= 0.3 is 0 Å². The molecule has 2 aromatic carbocycles. The van der Waals surface area contributed by atoms with Crippen LogP contribution in [0.4, 0.5) is 0 Å². The summed E-state index contributed by atoms with van der Waals surface area (Å²) in [6.45, 7) is 4.38. The highest BCUT2D eigenvalue weighted by Crippen LogP contribution is 2.23. The monoisotopic (exact) mass is 412 g/mol. The molecule has 0 fully saturated rings. The summed E-state index contributed by atoms with van der Waals surface area (Å²) in [5, 5.41) is 0. The topological polar surface area (TPSA) is 68.5 Å². The first kappa shape index (κ1) is 20.1. The number of terminal acetylenes is 1. The number of benzene rings is 2. The number of hydrogen-bond donors (Lipinski definition) is 0. The number of rotatable bonds is 4. The summed E-state index contributed by atoms with van der Waals surface area (Å²) in [7, 11) is -3.26. The molecule has 0 aliphatic heterocycles. The van der Waals surface area contributed by atoms with Crippen LogP contribution in [-0.4, -0.2) is 25.1 Å². The van der Waals surface area contributed by atoms with Gasteiger partial charge in [0.05, 0.1) is 28.1 Å². The van der Waals surface area contributed by atoms with E-state index < -0.39 is 9.84 Å². The van der Waals surface area contributed by atoms with E-state index in [1.165, 1.54) is 23.5 Å². The number of nitrogens with zero attached hydrogens (tertiary/aromatic N) is 2. The van der Waals surface area contributed by atoms with E-state index in [0.717, 1.165) is 27.6 Å². The van der Waals surface area contributed by atoms with E-state index in [-0.39, 0.29) is 17.2 Å². The molecule has 7 heteroatoms. The van der Waals surface area contributed by atoms with Crippen LogP contribution >= 0.6 is 11.3 Å². The van der Waals surface area contributed by atoms with Gasteiger partial charge in [0.15, 0.2) is 14.6 Å². The smallest absolute Gasteiger partial charge is 0.252 e. The molecule has 1 amide bonds. The highest BCUT2D eigenvalue weighted by Gasteiger charge is 2.11. The summed E-state index contributed by atoms with van der Waals surface area (Å²) < 4.78 is 26.0. The third-order valence-electron chi connectivity index (χ3n) is 4.29. The van der Waals surface area contributed by atoms with Crippen LogP contribution in [0.15, 0.2) is 46.3 Å². The molecule has 0 saturated carbocycles. The minimum absolute atomic E-state index is 0.0896. The SMILES string of the molecule is C#CCn1c(=NC(=O)Cc2ccc(S(C)(=O)=O)cc2)sc2c(C)cc(C)cc21. The normalized spacial score (nSPS) is 12.3. The van der Waals surface area contributed by atoms with E-state index in [4.69, 9.17) is 6.42 Å². The molecular weight excluding hydrogens is 392 g/mol. The van der Waals surface area contributed by atoms with Crippen molar-refractivity contribution in [2.45, 2.75) is 31.7 Å². The fraction of sp³-hybridized carbons (Fsp3) is 0.238. The molecule has 0 spiro atoms. The summed E-state index contributed by atoms with van der Waals surface area (Å²) in [4.78, 5) is 17.6. The van der Waals surface area contributed by atoms with Crippen molar-refractivity contribution in [3.8, 4) is 12.3 Å². The molecule has 0 unspecified atom stereocenters. The van der Waals surface area contributed by atoms with Crippen molar-refractivity contribution in [1.82, 2.24) is 4.57 Å². The van der Waals surface area contributed by atoms with Crippen LogP contribution in [0, 0.1) is 26.2 Å². The molecule has 0 aliphatic carbocycles. The number of aryl methyl sites for hydroxylation is 2. The molecule has 1 heterocycles. The molecule has 3 rings (SSSR count). The van der Waals surface area contributed by atoms with Crippen molar-refractivity contribution in [2.24, 2.45) is 4.99 Å². The number of carbonyl (C=O) groups excluding carboxylic acids is 1. The Morgan fingerprint density at radius 1 is 1.21 bits per heavy atom. The summed E-state index contributed by atoms with van der Waals surface area (Å²) in [6.07, 6.45) is 6.76. The number of fused-ring (bicyclic) bond motifs is 1. The minimum atomic E-state index is -3.26. The molecule has 0 saturated heterocycles. The Labute approximate surface area is 168 Å². The van der Waals surface area contributed by atoms with Crippen molar-refractivity contribution in [1.29, 1.82) is 0 Å². The second-order valence-corrected chi connectivity index (χ2v) is 9.70. The van der Waals surface area contributed by atoms with Gasteiger partial charge in [0.1, 0.15) is 0 Å². The van der Waals surface area contributed by atoms with E-state index in [9.17, 15) is 13.2 Å². The Balaban J connectivity index is 1.97. The van der Waals surface area contributed by atoms with Gasteiger partial charge in [0, 0.05) is 6.26 Å². The average molecular weight is 413 g/mol. The summed E-state index contributed by atoms with van der Waals surface area (Å²) in [6, 6.07) is 10.4. The third kappa shape index (κ3) is 4.24. The quantitative estimate of drug-likeness (QED) is 0.619. The van der Waals surface area contributed by atoms with Gasteiger partial charge in [0.25, 0.3) is 5.91 Å². The lowest BCUT2D eigenvalue weighted by Crippen LogP contribution is -2.17. The lowest BCUT2D eigenvalue weighted by molar-refractivity contribution is -0.117. The average Bonchev–Trinajstić information content (AvgIpc) is 2.93. The van der Waals surface area contributed by atoms with Crippen molar-refractivity contribution in [3.63, 3.8) is 0 Å². The number of carbonyl (C=O) groups is 1. The standard InChI is InChI=1S/C21H20N2O3S2/c1-5-10-23-18-12-14(2)11-15(3)20(18)27-21(23)22-19(24)13-16-6-8-17(9-7-16)28(4,25)26/h1,6-9,11-12H,10,13H2,2-4H3. The van der Waals surface area contributed by atoms with Crippen LogP contribution in [0.2, 0.25) is 0 Å². The summed E-state index contributed by atoms with van der Waals surface area (Å²) in [5.74, 6) is 2.32. The number of aromatic nitrogens is 1. The predicted octanol–water partition coefficient (Wildman–Crippen LogP) is 3.03. The first-order valence-electron chi connectivity index (χ1n) is 8.59. The van der Waals surface area contributed by atoms with Crippen molar-refractivity contribution in [2.75, 3.05) is 6.26 Å². The van der Waals surface area contributed by atoms with Gasteiger partial charge < -0.3 is 4.57 Å². The number of sulfone groups is 1. The summed E-state index contributed by atoms with van der Waals surface area (Å²) in [5.41, 5.74) is 3.93. The lowest BCUT2D eigenvalue weighted by atomic mass is 10.1. The lowest BCUT2D eigenvalue weighted by Gasteiger charge is -2.03. The highest BCUT2D eigenvalue weighted by atomic mass is 32.2. The van der Waals surface area contributed by atoms with E-state index >= 15 is 0 Å². The maximum absolute atomic E-state index is 12.5. The van der Waals surface area contributed by atoms with Crippen LogP contribution in [0.5, 0.6) is 0 Å². The van der Waals surface area contributed by atoms with E-state index in [1.807, 2.05) is 24.5 Å². The van der Waals surface area contributed by atoms with Gasteiger partial charge in [-0.2, -0.15) is 4.99 Å². The molecular formula is C21H20N2O3S2. The zero-order valence-electron chi connectivity index (χ0n) is 15.9. The van der Waals surface area contributed by atoms with Gasteiger partial charge in [-0.3, -0.25) is 4.79 Å². The highest BCUT2D eigenvalue weighted by molar-refractivity contribution is 7.90. The second kappa shape index (κ2) is 7.74. The number of thiazole rings is 1. The Kier molecular flexibility index (Phi) is 5.54. The largest absolute Gasteiger partial charge is 0.305 e.